The summed E-state index contributed by atoms with van der Waals surface area (Å²) in [6.45, 7) is 1.68. The molecule has 0 unspecified atom stereocenters. The standard InChI is InChI=1S/C19H19ClN2O4/c1-11(23)21-17-13-5-4-6-14(20)18(13)22(19(17)24)10-12-7-8-15(25-2)16(9-12)26-3/h4-9,17H,10H2,1-3H3,(H,21,23)/t17-/m0/s1. The van der Waals surface area contributed by atoms with Gasteiger partial charge in [-0.2, -0.15) is 0 Å². The van der Waals surface area contributed by atoms with E-state index in [1.165, 1.54) is 6.92 Å². The summed E-state index contributed by atoms with van der Waals surface area (Å²) in [5.74, 6) is 0.688. The van der Waals surface area contributed by atoms with Gasteiger partial charge >= 0.3 is 0 Å². The molecule has 0 bridgehead atoms. The summed E-state index contributed by atoms with van der Waals surface area (Å²) in [5, 5.41) is 3.16. The van der Waals surface area contributed by atoms with Gasteiger partial charge in [0.1, 0.15) is 6.04 Å². The molecule has 2 amide bonds. The second-order valence-corrected chi connectivity index (χ2v) is 6.33. The van der Waals surface area contributed by atoms with Crippen molar-refractivity contribution in [3.05, 3.63) is 52.5 Å². The van der Waals surface area contributed by atoms with Crippen molar-refractivity contribution < 1.29 is 19.1 Å². The van der Waals surface area contributed by atoms with Gasteiger partial charge in [-0.25, -0.2) is 0 Å². The van der Waals surface area contributed by atoms with Crippen molar-refractivity contribution in [2.24, 2.45) is 0 Å². The molecule has 3 rings (SSSR count). The Hall–Kier alpha value is -2.73. The van der Waals surface area contributed by atoms with Gasteiger partial charge in [-0.1, -0.05) is 29.8 Å². The molecule has 0 radical (unpaired) electrons. The molecule has 0 saturated heterocycles. The lowest BCUT2D eigenvalue weighted by atomic mass is 10.1. The van der Waals surface area contributed by atoms with Gasteiger partial charge in [0.05, 0.1) is 31.5 Å². The average molecular weight is 375 g/mol. The summed E-state index contributed by atoms with van der Waals surface area (Å²) in [5.41, 5.74) is 2.16. The smallest absolute Gasteiger partial charge is 0.254 e. The van der Waals surface area contributed by atoms with E-state index in [4.69, 9.17) is 21.1 Å². The van der Waals surface area contributed by atoms with Gasteiger partial charge in [0, 0.05) is 12.5 Å². The van der Waals surface area contributed by atoms with Crippen LogP contribution in [0.15, 0.2) is 36.4 Å². The molecule has 0 fully saturated rings. The number of hydrogen-bond acceptors (Lipinski definition) is 4. The van der Waals surface area contributed by atoms with Crippen LogP contribution >= 0.6 is 11.6 Å². The number of carbonyl (C=O) groups excluding carboxylic acids is 2. The second-order valence-electron chi connectivity index (χ2n) is 5.92. The number of nitrogens with one attached hydrogen (secondary N) is 1. The van der Waals surface area contributed by atoms with Crippen molar-refractivity contribution in [2.45, 2.75) is 19.5 Å². The third kappa shape index (κ3) is 3.20. The van der Waals surface area contributed by atoms with Crippen molar-refractivity contribution >= 4 is 29.1 Å². The van der Waals surface area contributed by atoms with Crippen LogP contribution in [-0.4, -0.2) is 26.0 Å². The number of benzene rings is 2. The van der Waals surface area contributed by atoms with Gasteiger partial charge in [0.25, 0.3) is 5.91 Å². The molecule has 1 atom stereocenters. The van der Waals surface area contributed by atoms with Crippen LogP contribution in [0.25, 0.3) is 0 Å². The number of fused-ring (bicyclic) bond motifs is 1. The van der Waals surface area contributed by atoms with Crippen LogP contribution in [0.3, 0.4) is 0 Å². The van der Waals surface area contributed by atoms with Crippen molar-refractivity contribution in [1.29, 1.82) is 0 Å². The number of halogens is 1. The molecule has 1 aliphatic heterocycles. The molecule has 1 N–H and O–H groups in total. The van der Waals surface area contributed by atoms with Gasteiger partial charge in [0.15, 0.2) is 11.5 Å². The number of hydrogen-bond donors (Lipinski definition) is 1. The van der Waals surface area contributed by atoms with Crippen molar-refractivity contribution in [2.75, 3.05) is 19.1 Å². The van der Waals surface area contributed by atoms with Crippen molar-refractivity contribution in [3.8, 4) is 11.5 Å². The number of rotatable bonds is 5. The highest BCUT2D eigenvalue weighted by molar-refractivity contribution is 6.34. The van der Waals surface area contributed by atoms with E-state index in [1.807, 2.05) is 12.1 Å². The molecular formula is C19H19ClN2O4. The predicted molar refractivity (Wildman–Crippen MR) is 98.7 cm³/mol. The number of para-hydroxylation sites is 1. The van der Waals surface area contributed by atoms with E-state index < -0.39 is 6.04 Å². The largest absolute Gasteiger partial charge is 0.493 e. The molecule has 26 heavy (non-hydrogen) atoms. The van der Waals surface area contributed by atoms with Crippen LogP contribution < -0.4 is 19.7 Å². The predicted octanol–water partition coefficient (Wildman–Crippen LogP) is 3.08. The van der Waals surface area contributed by atoms with Gasteiger partial charge in [-0.3, -0.25) is 9.59 Å². The molecule has 6 nitrogen and oxygen atoms in total. The quantitative estimate of drug-likeness (QED) is 0.873. The number of carbonyl (C=O) groups is 2. The zero-order valence-corrected chi connectivity index (χ0v) is 15.5. The number of amides is 2. The second kappa shape index (κ2) is 7.25. The number of methoxy groups -OCH3 is 2. The summed E-state index contributed by atoms with van der Waals surface area (Å²) < 4.78 is 10.6. The van der Waals surface area contributed by atoms with Crippen LogP contribution in [0.2, 0.25) is 5.02 Å². The Bertz CT molecular complexity index is 869. The van der Waals surface area contributed by atoms with Crippen molar-refractivity contribution in [3.63, 3.8) is 0 Å². The molecule has 0 aromatic heterocycles. The van der Waals surface area contributed by atoms with E-state index in [-0.39, 0.29) is 11.8 Å². The third-order valence-corrected chi connectivity index (χ3v) is 4.55. The summed E-state index contributed by atoms with van der Waals surface area (Å²) in [6.07, 6.45) is 0. The van der Waals surface area contributed by atoms with E-state index >= 15 is 0 Å². The Morgan fingerprint density at radius 1 is 1.19 bits per heavy atom. The van der Waals surface area contributed by atoms with Crippen LogP contribution in [0.4, 0.5) is 5.69 Å². The maximum Gasteiger partial charge on any atom is 0.254 e. The first-order valence-corrected chi connectivity index (χ1v) is 8.42. The summed E-state index contributed by atoms with van der Waals surface area (Å²) in [4.78, 5) is 26.0. The summed E-state index contributed by atoms with van der Waals surface area (Å²) in [6, 6.07) is 10.0. The van der Waals surface area contributed by atoms with Gasteiger partial charge in [-0.05, 0) is 23.8 Å². The molecular weight excluding hydrogens is 356 g/mol. The minimum absolute atomic E-state index is 0.224. The first kappa shape index (κ1) is 18.1. The van der Waals surface area contributed by atoms with E-state index in [2.05, 4.69) is 5.32 Å². The normalized spacial score (nSPS) is 15.6. The Morgan fingerprint density at radius 3 is 2.58 bits per heavy atom. The maximum absolute atomic E-state index is 12.9. The van der Waals surface area contributed by atoms with E-state index in [1.54, 1.807) is 43.4 Å². The average Bonchev–Trinajstić information content (AvgIpc) is 2.88. The summed E-state index contributed by atoms with van der Waals surface area (Å²) in [7, 11) is 3.12. The first-order valence-electron chi connectivity index (χ1n) is 8.04. The summed E-state index contributed by atoms with van der Waals surface area (Å²) >= 11 is 6.35. The highest BCUT2D eigenvalue weighted by Crippen LogP contribution is 2.42. The fraction of sp³-hybridized carbons (Fsp3) is 0.263. The lowest BCUT2D eigenvalue weighted by Gasteiger charge is -2.20. The number of anilines is 1. The molecule has 1 heterocycles. The molecule has 136 valence electrons. The molecule has 1 aliphatic rings. The lowest BCUT2D eigenvalue weighted by Crippen LogP contribution is -2.36. The first-order chi connectivity index (χ1) is 12.5. The zero-order valence-electron chi connectivity index (χ0n) is 14.7. The van der Waals surface area contributed by atoms with Gasteiger partial charge in [0.2, 0.25) is 5.91 Å². The fourth-order valence-electron chi connectivity index (χ4n) is 3.11. The molecule has 0 aliphatic carbocycles. The van der Waals surface area contributed by atoms with Crippen LogP contribution in [0, 0.1) is 0 Å². The van der Waals surface area contributed by atoms with Crippen LogP contribution in [0.5, 0.6) is 11.5 Å². The molecule has 2 aromatic rings. The van der Waals surface area contributed by atoms with E-state index in [9.17, 15) is 9.59 Å². The Morgan fingerprint density at radius 2 is 1.92 bits per heavy atom. The van der Waals surface area contributed by atoms with Gasteiger partial charge < -0.3 is 19.7 Å². The zero-order chi connectivity index (χ0) is 18.8. The number of nitrogens with zero attached hydrogens (tertiary/aromatic N) is 1. The molecule has 0 saturated carbocycles. The van der Waals surface area contributed by atoms with Crippen LogP contribution in [0.1, 0.15) is 24.1 Å². The minimum atomic E-state index is -0.735. The highest BCUT2D eigenvalue weighted by Gasteiger charge is 2.39. The molecule has 2 aromatic carbocycles. The monoisotopic (exact) mass is 374 g/mol. The van der Waals surface area contributed by atoms with E-state index in [0.717, 1.165) is 5.56 Å². The number of ether oxygens (including phenoxy) is 2. The third-order valence-electron chi connectivity index (χ3n) is 4.25. The topological polar surface area (TPSA) is 67.9 Å². The molecule has 0 spiro atoms. The highest BCUT2D eigenvalue weighted by atomic mass is 35.5. The Kier molecular flexibility index (Phi) is 5.04. The van der Waals surface area contributed by atoms with Crippen LogP contribution in [-0.2, 0) is 16.1 Å². The maximum atomic E-state index is 12.9. The lowest BCUT2D eigenvalue weighted by molar-refractivity contribution is -0.126. The van der Waals surface area contributed by atoms with Gasteiger partial charge in [-0.15, -0.1) is 0 Å². The Balaban J connectivity index is 1.98. The van der Waals surface area contributed by atoms with Crippen molar-refractivity contribution in [1.82, 2.24) is 5.32 Å². The fourth-order valence-corrected chi connectivity index (χ4v) is 3.39. The molecule has 7 heteroatoms. The minimum Gasteiger partial charge on any atom is -0.493 e. The van der Waals surface area contributed by atoms with E-state index in [0.29, 0.717) is 34.3 Å². The Labute approximate surface area is 156 Å². The SMILES string of the molecule is COc1ccc(CN2C(=O)[C@@H](NC(C)=O)c3cccc(Cl)c32)cc1OC.